The molecule has 0 fully saturated rings. The average molecular weight is 828 g/mol. The molecule has 0 radical (unpaired) electrons. The van der Waals surface area contributed by atoms with Gasteiger partial charge in [-0.15, -0.1) is 0 Å². The maximum Gasteiger partial charge on any atom is 0.347 e. The molecule has 0 bridgehead atoms. The number of aliphatic carboxylic acids is 4. The van der Waals surface area contributed by atoms with Gasteiger partial charge in [-0.25, -0.2) is 4.79 Å². The van der Waals surface area contributed by atoms with Crippen molar-refractivity contribution in [3.63, 3.8) is 0 Å². The summed E-state index contributed by atoms with van der Waals surface area (Å²) in [4.78, 5) is 138. The predicted octanol–water partition coefficient (Wildman–Crippen LogP) is -4.31. The van der Waals surface area contributed by atoms with E-state index in [0.717, 1.165) is 12.2 Å². The van der Waals surface area contributed by atoms with E-state index in [1.807, 2.05) is 5.32 Å². The second-order valence-corrected chi connectivity index (χ2v) is 14.4. The molecule has 1 aliphatic rings. The molecule has 1 rings (SSSR count). The van der Waals surface area contributed by atoms with Crippen LogP contribution in [-0.2, 0) is 52.7 Å². The van der Waals surface area contributed by atoms with E-state index < -0.39 is 146 Å². The second kappa shape index (κ2) is 23.3. The number of nitrogens with one attached hydrogen (secondary N) is 7. The van der Waals surface area contributed by atoms with Gasteiger partial charge in [0.15, 0.2) is 0 Å². The lowest BCUT2D eigenvalue weighted by Crippen LogP contribution is -2.63. The van der Waals surface area contributed by atoms with Crippen molar-refractivity contribution in [2.24, 2.45) is 5.73 Å². The van der Waals surface area contributed by atoms with E-state index in [2.05, 4.69) is 31.9 Å². The topological polar surface area (TPSA) is 382 Å². The van der Waals surface area contributed by atoms with Crippen molar-refractivity contribution >= 4 is 65.2 Å². The molecule has 24 heteroatoms. The first-order valence-corrected chi connectivity index (χ1v) is 18.0. The van der Waals surface area contributed by atoms with Crippen LogP contribution in [0.25, 0.3) is 0 Å². The Morgan fingerprint density at radius 3 is 1.48 bits per heavy atom. The van der Waals surface area contributed by atoms with Gasteiger partial charge in [-0.2, -0.15) is 0 Å². The largest absolute Gasteiger partial charge is 0.481 e. The van der Waals surface area contributed by atoms with E-state index >= 15 is 0 Å². The molecule has 1 aliphatic heterocycles. The Labute approximate surface area is 332 Å². The van der Waals surface area contributed by atoms with Gasteiger partial charge in [-0.3, -0.25) is 52.8 Å². The first-order chi connectivity index (χ1) is 26.9. The molecule has 0 saturated carbocycles. The summed E-state index contributed by atoms with van der Waals surface area (Å²) in [5, 5.41) is 54.0. The van der Waals surface area contributed by atoms with Gasteiger partial charge in [0, 0.05) is 56.1 Å². The molecular formula is C34H53N9O15. The van der Waals surface area contributed by atoms with E-state index in [1.54, 1.807) is 34.6 Å². The van der Waals surface area contributed by atoms with Crippen LogP contribution in [0, 0.1) is 0 Å². The lowest BCUT2D eigenvalue weighted by atomic mass is 10.0. The third kappa shape index (κ3) is 17.8. The molecule has 0 aliphatic carbocycles. The minimum Gasteiger partial charge on any atom is -0.481 e. The number of carboxylic acid groups (broad SMARTS) is 4. The zero-order valence-electron chi connectivity index (χ0n) is 32.7. The summed E-state index contributed by atoms with van der Waals surface area (Å²) < 4.78 is 0. The Kier molecular flexibility index (Phi) is 20.1. The Bertz CT molecular complexity index is 1590. The number of nitrogens with zero attached hydrogens (tertiary/aromatic N) is 1. The van der Waals surface area contributed by atoms with Crippen LogP contribution in [0.4, 0.5) is 0 Å². The summed E-state index contributed by atoms with van der Waals surface area (Å²) in [7, 11) is 0. The van der Waals surface area contributed by atoms with Gasteiger partial charge >= 0.3 is 23.9 Å². The van der Waals surface area contributed by atoms with Crippen molar-refractivity contribution in [3.8, 4) is 0 Å². The number of carboxylic acids is 4. The van der Waals surface area contributed by atoms with Gasteiger partial charge in [0.2, 0.25) is 35.7 Å². The van der Waals surface area contributed by atoms with Gasteiger partial charge in [0.1, 0.15) is 18.1 Å². The molecule has 0 saturated heterocycles. The molecule has 0 aromatic carbocycles. The molecule has 24 nitrogen and oxygen atoms in total. The number of rotatable bonds is 26. The van der Waals surface area contributed by atoms with Crippen LogP contribution < -0.4 is 43.0 Å². The highest BCUT2D eigenvalue weighted by Gasteiger charge is 2.37. The molecule has 0 spiro atoms. The Hall–Kier alpha value is -6.01. The first kappa shape index (κ1) is 50.0. The lowest BCUT2D eigenvalue weighted by Gasteiger charge is -2.30. The summed E-state index contributed by atoms with van der Waals surface area (Å²) >= 11 is 0. The standard InChI is InChI=1S/C34H53N9O15/c1-16(2)37-17(6-11-24(46)47)28(52)40-27(33(57)58)41-29(53)18(7-12-25(48)49)38-31(55)20(39-30(54)19(8-13-26(50)51)42-34(3,4)5)15-36-32(56)21(14-35)43-22(44)9-10-23(43)45/h9-10,16-21,27,37,42H,6-8,11-15,35H2,1-5H3,(H,36,56)(H,38,55)(H,39,54)(H,40,52)(H,41,53)(H,46,47)(H,48,49)(H,50,51)(H,57,58)/t17-,18-,19-,20-,21-,27-/m0/s1. The fourth-order valence-corrected chi connectivity index (χ4v) is 5.32. The highest BCUT2D eigenvalue weighted by molar-refractivity contribution is 6.15. The summed E-state index contributed by atoms with van der Waals surface area (Å²) in [5.74, 6) is -13.1. The molecule has 0 aromatic heterocycles. The number of nitrogens with two attached hydrogens (primary N) is 1. The van der Waals surface area contributed by atoms with Crippen molar-refractivity contribution in [1.82, 2.24) is 42.1 Å². The van der Waals surface area contributed by atoms with E-state index in [0.29, 0.717) is 4.90 Å². The molecule has 1 heterocycles. The molecular weight excluding hydrogens is 774 g/mol. The van der Waals surface area contributed by atoms with Crippen LogP contribution in [-0.4, -0.2) is 152 Å². The van der Waals surface area contributed by atoms with Crippen LogP contribution >= 0.6 is 0 Å². The molecule has 13 N–H and O–H groups in total. The minimum atomic E-state index is -2.18. The Morgan fingerprint density at radius 2 is 1.05 bits per heavy atom. The minimum absolute atomic E-state index is 0.267. The SMILES string of the molecule is CC(C)N[C@@H](CCC(=O)O)C(=O)N[C@@H](NC(=O)[C@H](CCC(=O)O)NC(=O)[C@H](CNC(=O)[C@H](CN)N1C(=O)C=CC1=O)NC(=O)[C@H](CCC(=O)O)NC(C)(C)C)C(=O)O. The number of hydrogen-bond acceptors (Lipinski definition) is 14. The van der Waals surface area contributed by atoms with Crippen molar-refractivity contribution in [1.29, 1.82) is 0 Å². The third-order valence-corrected chi connectivity index (χ3v) is 7.96. The lowest BCUT2D eigenvalue weighted by molar-refractivity contribution is -0.146. The molecule has 0 unspecified atom stereocenters. The summed E-state index contributed by atoms with van der Waals surface area (Å²) in [6, 6.07) is -8.11. The predicted molar refractivity (Wildman–Crippen MR) is 198 cm³/mol. The fourth-order valence-electron chi connectivity index (χ4n) is 5.32. The van der Waals surface area contributed by atoms with Crippen molar-refractivity contribution in [2.75, 3.05) is 13.1 Å². The molecule has 6 atom stereocenters. The highest BCUT2D eigenvalue weighted by Crippen LogP contribution is 2.10. The number of hydrogen-bond donors (Lipinski definition) is 12. The number of carbonyl (C=O) groups excluding carboxylic acids is 7. The fraction of sp³-hybridized carbons (Fsp3) is 0.618. The van der Waals surface area contributed by atoms with Gasteiger partial charge in [0.05, 0.1) is 12.1 Å². The van der Waals surface area contributed by atoms with Crippen molar-refractivity contribution in [2.45, 2.75) is 121 Å². The highest BCUT2D eigenvalue weighted by atomic mass is 16.4. The monoisotopic (exact) mass is 827 g/mol. The Balaban J connectivity index is 3.48. The van der Waals surface area contributed by atoms with Crippen LogP contribution in [0.3, 0.4) is 0 Å². The van der Waals surface area contributed by atoms with Gasteiger partial charge in [-0.05, 0) is 40.0 Å². The third-order valence-electron chi connectivity index (χ3n) is 7.96. The number of carbonyl (C=O) groups is 11. The zero-order chi connectivity index (χ0) is 44.5. The summed E-state index contributed by atoms with van der Waals surface area (Å²) in [5.41, 5.74) is 4.89. The normalized spacial score (nSPS) is 15.7. The maximum absolute atomic E-state index is 13.8. The van der Waals surface area contributed by atoms with Gasteiger partial charge in [-0.1, -0.05) is 13.8 Å². The van der Waals surface area contributed by atoms with Gasteiger partial charge in [0.25, 0.3) is 11.8 Å². The zero-order valence-corrected chi connectivity index (χ0v) is 32.7. The average Bonchev–Trinajstić information content (AvgIpc) is 3.43. The van der Waals surface area contributed by atoms with E-state index in [4.69, 9.17) is 10.8 Å². The second-order valence-electron chi connectivity index (χ2n) is 14.4. The van der Waals surface area contributed by atoms with Crippen LogP contribution in [0.1, 0.15) is 73.1 Å². The molecule has 324 valence electrons. The van der Waals surface area contributed by atoms with Crippen molar-refractivity contribution in [3.05, 3.63) is 12.2 Å². The van der Waals surface area contributed by atoms with E-state index in [1.165, 1.54) is 0 Å². The summed E-state index contributed by atoms with van der Waals surface area (Å²) in [6.45, 7) is 6.89. The Morgan fingerprint density at radius 1 is 0.638 bits per heavy atom. The molecule has 0 aromatic rings. The smallest absolute Gasteiger partial charge is 0.347 e. The van der Waals surface area contributed by atoms with Crippen LogP contribution in [0.5, 0.6) is 0 Å². The van der Waals surface area contributed by atoms with E-state index in [9.17, 15) is 68.1 Å². The van der Waals surface area contributed by atoms with Crippen LogP contribution in [0.2, 0.25) is 0 Å². The molecule has 7 amide bonds. The van der Waals surface area contributed by atoms with Gasteiger partial charge < -0.3 is 63.4 Å². The first-order valence-electron chi connectivity index (χ1n) is 18.0. The number of imide groups is 1. The number of amides is 7. The van der Waals surface area contributed by atoms with Crippen LogP contribution in [0.15, 0.2) is 12.2 Å². The summed E-state index contributed by atoms with van der Waals surface area (Å²) in [6.07, 6.45) is -3.35. The maximum atomic E-state index is 13.8. The van der Waals surface area contributed by atoms with Crippen molar-refractivity contribution < 1.29 is 73.2 Å². The quantitative estimate of drug-likeness (QED) is 0.0290. The molecule has 58 heavy (non-hydrogen) atoms. The van der Waals surface area contributed by atoms with E-state index in [-0.39, 0.29) is 18.9 Å².